The molecule has 3 aromatic heterocycles. The number of primary amides is 3. The van der Waals surface area contributed by atoms with Crippen LogP contribution in [0.15, 0.2) is 124 Å². The van der Waals surface area contributed by atoms with Gasteiger partial charge in [-0.2, -0.15) is 0 Å². The Labute approximate surface area is 502 Å². The van der Waals surface area contributed by atoms with Crippen LogP contribution in [0.25, 0.3) is 50.9 Å². The summed E-state index contributed by atoms with van der Waals surface area (Å²) in [4.78, 5) is 99.2. The fourth-order valence-corrected chi connectivity index (χ4v) is 10.6. The minimum Gasteiger partial charge on any atom is -0.486 e. The van der Waals surface area contributed by atoms with E-state index in [0.29, 0.717) is 86.8 Å². The molecule has 0 spiro atoms. The van der Waals surface area contributed by atoms with Crippen LogP contribution in [-0.4, -0.2) is 118 Å². The van der Waals surface area contributed by atoms with Crippen molar-refractivity contribution < 1.29 is 47.7 Å². The van der Waals surface area contributed by atoms with Gasteiger partial charge in [0, 0.05) is 91.4 Å². The molecule has 87 heavy (non-hydrogen) atoms. The first-order valence-corrected chi connectivity index (χ1v) is 28.7. The van der Waals surface area contributed by atoms with Gasteiger partial charge in [-0.25, -0.2) is 4.79 Å². The molecule has 4 aromatic carbocycles. The van der Waals surface area contributed by atoms with Crippen LogP contribution in [0.3, 0.4) is 0 Å². The van der Waals surface area contributed by atoms with Gasteiger partial charge in [0.05, 0.1) is 42.9 Å². The smallest absolute Gasteiger partial charge is 0.410 e. The first-order valence-electron chi connectivity index (χ1n) is 28.7. The summed E-state index contributed by atoms with van der Waals surface area (Å²) >= 11 is 0. The van der Waals surface area contributed by atoms with Crippen LogP contribution >= 0.6 is 0 Å². The van der Waals surface area contributed by atoms with Gasteiger partial charge in [0.2, 0.25) is 17.7 Å². The summed E-state index contributed by atoms with van der Waals surface area (Å²) in [7, 11) is 0. The van der Waals surface area contributed by atoms with Crippen molar-refractivity contribution in [1.82, 2.24) is 23.5 Å². The summed E-state index contributed by atoms with van der Waals surface area (Å²) in [6, 6.07) is 27.6. The standard InChI is InChI=1S/C34H42N4O6.C17H18N2O4.C15H14N2O3/c1-23-5-8-27-25(7-10-31(35)39)21-32(40)37(28(27)19-23)16-15-36-13-11-26(12-14-36)38(33(41)44-34(2,3)4)22-24-6-9-29-30(20-24)43-18-17-42-29;1-11-2-4-13-12(3-5-15(18)20)9-16(21)19(14(13)8-11)10-17-22-6-7-23-17;1-10-2-4-12-11(3-5-14(16)19)9-15(20)17(6-7-18)13(12)8-10/h5-10,19-21,26H,11-18,22H2,1-4H3,(H2,35,39);2-5,8-9,17H,6-7,10H2,1H3,(H2,18,20);2-5,7-9H,6H2,1H3,(H2,16,19)/b10-7+;2*5-3+. The number of rotatable bonds is 16. The number of amides is 4. The number of aryl methyl sites for hydroxylation is 3. The molecule has 0 unspecified atom stereocenters. The number of piperidine rings is 1. The van der Waals surface area contributed by atoms with Crippen molar-refractivity contribution in [2.75, 3.05) is 46.1 Å². The average Bonchev–Trinajstić information content (AvgIpc) is 1.52. The number of hydrogen-bond acceptors (Lipinski definition) is 14. The highest BCUT2D eigenvalue weighted by Crippen LogP contribution is 2.33. The number of nitrogens with two attached hydrogens (primary N) is 3. The fraction of sp³-hybridized carbons (Fsp3) is 0.333. The number of likely N-dealkylation sites (tertiary alicyclic amines) is 1. The topological polar surface area (TPSA) is 282 Å². The van der Waals surface area contributed by atoms with Gasteiger partial charge < -0.3 is 69.2 Å². The summed E-state index contributed by atoms with van der Waals surface area (Å²) < 4.78 is 33.0. The SMILES string of the molecule is Cc1ccc2c(/C=C/C(N)=O)cc(=O)n(CC3OCCO3)c2c1.Cc1ccc2c(/C=C/C(N)=O)cc(=O)n(CC=O)c2c1.Cc1ccc2c(/C=C/C(N)=O)cc(=O)n(CCN3CCC(N(Cc4ccc5c(c4)OCCO5)C(=O)OC(C)(C)C)CC3)c2c1. The molecule has 6 heterocycles. The Morgan fingerprint density at radius 2 is 1.05 bits per heavy atom. The number of hydrogen-bond donors (Lipinski definition) is 3. The predicted octanol–water partition coefficient (Wildman–Crippen LogP) is 6.67. The summed E-state index contributed by atoms with van der Waals surface area (Å²) in [6.07, 6.45) is 9.91. The molecular weight excluding hydrogens is 1110 g/mol. The summed E-state index contributed by atoms with van der Waals surface area (Å²) in [5.41, 5.74) is 22.5. The lowest BCUT2D eigenvalue weighted by atomic mass is 10.0. The quantitative estimate of drug-likeness (QED) is 0.0673. The molecule has 2 saturated heterocycles. The van der Waals surface area contributed by atoms with Crippen molar-refractivity contribution in [3.05, 3.63) is 179 Å². The van der Waals surface area contributed by atoms with E-state index in [2.05, 4.69) is 4.90 Å². The van der Waals surface area contributed by atoms with Gasteiger partial charge in [-0.15, -0.1) is 0 Å². The first kappa shape index (κ1) is 63.6. The van der Waals surface area contributed by atoms with Gasteiger partial charge in [0.1, 0.15) is 25.1 Å². The zero-order valence-electron chi connectivity index (χ0n) is 49.8. The van der Waals surface area contributed by atoms with Crippen molar-refractivity contribution in [2.45, 2.75) is 98.5 Å². The van der Waals surface area contributed by atoms with Crippen LogP contribution in [-0.2, 0) is 59.6 Å². The van der Waals surface area contributed by atoms with E-state index < -0.39 is 29.6 Å². The van der Waals surface area contributed by atoms with Gasteiger partial charge in [-0.05, 0) is 142 Å². The number of nitrogens with zero attached hydrogens (tertiary/aromatic N) is 5. The van der Waals surface area contributed by atoms with Crippen LogP contribution < -0.4 is 43.4 Å². The molecule has 7 aromatic rings. The second-order valence-electron chi connectivity index (χ2n) is 22.5. The molecule has 6 N–H and O–H groups in total. The Hall–Kier alpha value is -9.44. The largest absolute Gasteiger partial charge is 0.486 e. The van der Waals surface area contributed by atoms with Crippen molar-refractivity contribution in [1.29, 1.82) is 0 Å². The zero-order valence-corrected chi connectivity index (χ0v) is 49.8. The van der Waals surface area contributed by atoms with Crippen molar-refractivity contribution in [2.24, 2.45) is 17.2 Å². The summed E-state index contributed by atoms with van der Waals surface area (Å²) in [5, 5.41) is 2.54. The zero-order chi connectivity index (χ0) is 62.5. The number of carbonyl (C=O) groups is 5. The van der Waals surface area contributed by atoms with Gasteiger partial charge in [0.15, 0.2) is 17.8 Å². The van der Waals surface area contributed by atoms with Gasteiger partial charge in [-0.1, -0.05) is 42.5 Å². The minimum atomic E-state index is -0.609. The lowest BCUT2D eigenvalue weighted by Gasteiger charge is -2.39. The Balaban J connectivity index is 0.000000190. The van der Waals surface area contributed by atoms with Gasteiger partial charge >= 0.3 is 6.09 Å². The maximum Gasteiger partial charge on any atom is 0.410 e. The molecule has 21 nitrogen and oxygen atoms in total. The van der Waals surface area contributed by atoms with Gasteiger partial charge in [-0.3, -0.25) is 28.8 Å². The van der Waals surface area contributed by atoms with E-state index in [1.165, 1.54) is 41.0 Å². The van der Waals surface area contributed by atoms with E-state index in [1.54, 1.807) is 27.4 Å². The first-order chi connectivity index (χ1) is 41.5. The highest BCUT2D eigenvalue weighted by Gasteiger charge is 2.32. The van der Waals surface area contributed by atoms with E-state index in [1.807, 2.05) is 119 Å². The van der Waals surface area contributed by atoms with Crippen molar-refractivity contribution in [3.63, 3.8) is 0 Å². The number of aromatic nitrogens is 3. The number of benzene rings is 4. The highest BCUT2D eigenvalue weighted by atomic mass is 16.7. The average molecular weight is 1190 g/mol. The molecule has 456 valence electrons. The molecule has 2 fully saturated rings. The maximum absolute atomic E-state index is 13.4. The van der Waals surface area contributed by atoms with Crippen LogP contribution in [0.4, 0.5) is 4.79 Å². The highest BCUT2D eigenvalue weighted by molar-refractivity contribution is 5.97. The molecule has 0 radical (unpaired) electrons. The second kappa shape index (κ2) is 28.6. The number of aldehydes is 1. The van der Waals surface area contributed by atoms with E-state index in [9.17, 15) is 38.4 Å². The van der Waals surface area contributed by atoms with Crippen LogP contribution in [0.1, 0.15) is 72.6 Å². The number of ether oxygens (including phenoxy) is 5. The Morgan fingerprint density at radius 3 is 1.53 bits per heavy atom. The van der Waals surface area contributed by atoms with Gasteiger partial charge in [0.25, 0.3) is 16.7 Å². The molecule has 21 heteroatoms. The minimum absolute atomic E-state index is 0.00139. The molecule has 0 saturated carbocycles. The van der Waals surface area contributed by atoms with Crippen LogP contribution in [0, 0.1) is 20.8 Å². The number of fused-ring (bicyclic) bond motifs is 4. The Morgan fingerprint density at radius 1 is 0.586 bits per heavy atom. The molecule has 0 bridgehead atoms. The third kappa shape index (κ3) is 16.9. The summed E-state index contributed by atoms with van der Waals surface area (Å²) in [5.74, 6) is -0.280. The monoisotopic (exact) mass is 1190 g/mol. The molecule has 10 rings (SSSR count). The van der Waals surface area contributed by atoms with Crippen molar-refractivity contribution in [3.8, 4) is 11.5 Å². The maximum atomic E-state index is 13.4. The Kier molecular flexibility index (Phi) is 20.9. The lowest BCUT2D eigenvalue weighted by Crippen LogP contribution is -2.49. The van der Waals surface area contributed by atoms with E-state index in [4.69, 9.17) is 40.9 Å². The number of pyridine rings is 3. The second-order valence-corrected chi connectivity index (χ2v) is 22.5. The molecule has 0 atom stereocenters. The van der Waals surface area contributed by atoms with Crippen LogP contribution in [0.5, 0.6) is 11.5 Å². The third-order valence-electron chi connectivity index (χ3n) is 14.7. The number of carbonyl (C=O) groups excluding carboxylic acids is 5. The lowest BCUT2D eigenvalue weighted by molar-refractivity contribution is -0.114. The Bertz CT molecular complexity index is 4010. The molecular formula is C66H74N8O13. The van der Waals surface area contributed by atoms with Crippen molar-refractivity contribution >= 4 is 81.0 Å². The third-order valence-corrected chi connectivity index (χ3v) is 14.7. The predicted molar refractivity (Wildman–Crippen MR) is 334 cm³/mol. The molecule has 3 aliphatic rings. The van der Waals surface area contributed by atoms with E-state index in [0.717, 1.165) is 81.1 Å². The fourth-order valence-electron chi connectivity index (χ4n) is 10.6. The van der Waals surface area contributed by atoms with Crippen LogP contribution in [0.2, 0.25) is 0 Å². The molecule has 0 aliphatic carbocycles. The normalized spacial score (nSPS) is 14.7. The molecule has 3 aliphatic heterocycles. The summed E-state index contributed by atoms with van der Waals surface area (Å²) in [6.45, 7) is 17.1. The van der Waals surface area contributed by atoms with E-state index in [-0.39, 0.29) is 35.4 Å². The molecule has 4 amide bonds. The van der Waals surface area contributed by atoms with E-state index >= 15 is 0 Å².